The number of nitrogens with one attached hydrogen (secondary N) is 1. The first-order valence-electron chi connectivity index (χ1n) is 7.88. The minimum absolute atomic E-state index is 0.575. The van der Waals surface area contributed by atoms with Gasteiger partial charge in [-0.3, -0.25) is 0 Å². The van der Waals surface area contributed by atoms with E-state index in [2.05, 4.69) is 38.0 Å². The van der Waals surface area contributed by atoms with Gasteiger partial charge in [-0.25, -0.2) is 0 Å². The summed E-state index contributed by atoms with van der Waals surface area (Å²) in [4.78, 5) is 2.46. The summed E-state index contributed by atoms with van der Waals surface area (Å²) in [5.41, 5.74) is 0.575. The molecule has 18 heavy (non-hydrogen) atoms. The van der Waals surface area contributed by atoms with Gasteiger partial charge in [0, 0.05) is 6.04 Å². The van der Waals surface area contributed by atoms with E-state index in [9.17, 15) is 0 Å². The first kappa shape index (κ1) is 14.3. The average Bonchev–Trinajstić information content (AvgIpc) is 2.29. The van der Waals surface area contributed by atoms with Crippen molar-refractivity contribution in [1.82, 2.24) is 10.2 Å². The van der Waals surface area contributed by atoms with Crippen molar-refractivity contribution in [3.63, 3.8) is 0 Å². The van der Waals surface area contributed by atoms with Crippen LogP contribution < -0.4 is 5.32 Å². The standard InChI is InChI=1S/C16H32N2/c1-13-11-16(2,3)8-5-15(13)17-12-14-6-9-18(4)10-7-14/h13-15,17H,5-12H2,1-4H3. The van der Waals surface area contributed by atoms with Crippen molar-refractivity contribution in [3.8, 4) is 0 Å². The molecule has 2 aliphatic rings. The highest BCUT2D eigenvalue weighted by Gasteiger charge is 2.32. The molecule has 2 heteroatoms. The molecule has 2 fully saturated rings. The van der Waals surface area contributed by atoms with Gasteiger partial charge < -0.3 is 10.2 Å². The lowest BCUT2D eigenvalue weighted by molar-refractivity contribution is 0.139. The summed E-state index contributed by atoms with van der Waals surface area (Å²) in [5, 5.41) is 3.88. The minimum atomic E-state index is 0.575. The van der Waals surface area contributed by atoms with Crippen LogP contribution in [0.1, 0.15) is 52.9 Å². The van der Waals surface area contributed by atoms with Gasteiger partial charge in [0.05, 0.1) is 0 Å². The number of nitrogens with zero attached hydrogens (tertiary/aromatic N) is 1. The van der Waals surface area contributed by atoms with Gasteiger partial charge in [0.25, 0.3) is 0 Å². The van der Waals surface area contributed by atoms with Gasteiger partial charge in [0.15, 0.2) is 0 Å². The molecule has 1 saturated carbocycles. The highest BCUT2D eigenvalue weighted by Crippen LogP contribution is 2.38. The maximum atomic E-state index is 3.88. The van der Waals surface area contributed by atoms with Crippen molar-refractivity contribution in [3.05, 3.63) is 0 Å². The second kappa shape index (κ2) is 5.92. The molecule has 1 heterocycles. The molecule has 0 radical (unpaired) electrons. The maximum absolute atomic E-state index is 3.88. The quantitative estimate of drug-likeness (QED) is 0.830. The van der Waals surface area contributed by atoms with Gasteiger partial charge in [-0.1, -0.05) is 20.8 Å². The van der Waals surface area contributed by atoms with Crippen molar-refractivity contribution in [2.24, 2.45) is 17.3 Å². The molecule has 0 aromatic rings. The Labute approximate surface area is 114 Å². The molecule has 0 spiro atoms. The molecule has 2 nitrogen and oxygen atoms in total. The van der Waals surface area contributed by atoms with E-state index in [0.717, 1.165) is 17.9 Å². The Morgan fingerprint density at radius 1 is 1.17 bits per heavy atom. The lowest BCUT2D eigenvalue weighted by Gasteiger charge is -2.40. The zero-order chi connectivity index (χ0) is 13.2. The molecule has 0 aromatic carbocycles. The molecule has 2 rings (SSSR count). The van der Waals surface area contributed by atoms with E-state index in [1.165, 1.54) is 51.7 Å². The number of rotatable bonds is 3. The predicted octanol–water partition coefficient (Wildman–Crippen LogP) is 3.13. The predicted molar refractivity (Wildman–Crippen MR) is 78.8 cm³/mol. The molecule has 1 aliphatic heterocycles. The number of hydrogen-bond acceptors (Lipinski definition) is 2. The molecule has 0 amide bonds. The Balaban J connectivity index is 1.71. The molecular formula is C16H32N2. The van der Waals surface area contributed by atoms with Gasteiger partial charge >= 0.3 is 0 Å². The first-order chi connectivity index (χ1) is 8.46. The van der Waals surface area contributed by atoms with Crippen molar-refractivity contribution < 1.29 is 0 Å². The summed E-state index contributed by atoms with van der Waals surface area (Å²) in [6.45, 7) is 11.1. The zero-order valence-electron chi connectivity index (χ0n) is 12.8. The second-order valence-corrected chi connectivity index (χ2v) is 7.65. The number of hydrogen-bond donors (Lipinski definition) is 1. The van der Waals surface area contributed by atoms with E-state index in [0.29, 0.717) is 5.41 Å². The summed E-state index contributed by atoms with van der Waals surface area (Å²) >= 11 is 0. The summed E-state index contributed by atoms with van der Waals surface area (Å²) in [5.74, 6) is 1.77. The van der Waals surface area contributed by atoms with Crippen molar-refractivity contribution in [2.75, 3.05) is 26.7 Å². The van der Waals surface area contributed by atoms with E-state index in [-0.39, 0.29) is 0 Å². The van der Waals surface area contributed by atoms with Crippen LogP contribution in [-0.4, -0.2) is 37.6 Å². The van der Waals surface area contributed by atoms with Crippen LogP contribution in [-0.2, 0) is 0 Å². The Kier molecular flexibility index (Phi) is 4.71. The molecule has 1 aliphatic carbocycles. The second-order valence-electron chi connectivity index (χ2n) is 7.65. The zero-order valence-corrected chi connectivity index (χ0v) is 12.8. The van der Waals surface area contributed by atoms with Gasteiger partial charge in [0.2, 0.25) is 0 Å². The molecule has 0 aromatic heterocycles. The lowest BCUT2D eigenvalue weighted by Crippen LogP contribution is -2.44. The van der Waals surface area contributed by atoms with E-state index in [1.54, 1.807) is 0 Å². The smallest absolute Gasteiger partial charge is 0.00932 e. The fourth-order valence-corrected chi connectivity index (χ4v) is 3.83. The summed E-state index contributed by atoms with van der Waals surface area (Å²) in [6, 6.07) is 0.776. The fourth-order valence-electron chi connectivity index (χ4n) is 3.83. The van der Waals surface area contributed by atoms with Crippen LogP contribution in [0.15, 0.2) is 0 Å². The molecule has 2 atom stereocenters. The Morgan fingerprint density at radius 2 is 1.83 bits per heavy atom. The first-order valence-corrected chi connectivity index (χ1v) is 7.88. The van der Waals surface area contributed by atoms with Crippen LogP contribution in [0.4, 0.5) is 0 Å². The number of piperidine rings is 1. The largest absolute Gasteiger partial charge is 0.313 e. The third-order valence-corrected chi connectivity index (χ3v) is 5.20. The van der Waals surface area contributed by atoms with Crippen LogP contribution in [0.2, 0.25) is 0 Å². The molecule has 0 bridgehead atoms. The van der Waals surface area contributed by atoms with Crippen LogP contribution in [0.25, 0.3) is 0 Å². The molecular weight excluding hydrogens is 220 g/mol. The maximum Gasteiger partial charge on any atom is 0.00932 e. The van der Waals surface area contributed by atoms with Crippen molar-refractivity contribution in [2.45, 2.75) is 58.9 Å². The minimum Gasteiger partial charge on any atom is -0.313 e. The molecule has 1 saturated heterocycles. The summed E-state index contributed by atoms with van der Waals surface area (Å²) < 4.78 is 0. The third kappa shape index (κ3) is 3.96. The highest BCUT2D eigenvalue weighted by atomic mass is 15.1. The van der Waals surface area contributed by atoms with Gasteiger partial charge in [-0.15, -0.1) is 0 Å². The Hall–Kier alpha value is -0.0800. The van der Waals surface area contributed by atoms with Gasteiger partial charge in [-0.2, -0.15) is 0 Å². The van der Waals surface area contributed by atoms with E-state index in [1.807, 2.05) is 0 Å². The van der Waals surface area contributed by atoms with Crippen molar-refractivity contribution in [1.29, 1.82) is 0 Å². The molecule has 1 N–H and O–H groups in total. The third-order valence-electron chi connectivity index (χ3n) is 5.20. The van der Waals surface area contributed by atoms with E-state index < -0.39 is 0 Å². The van der Waals surface area contributed by atoms with Crippen molar-refractivity contribution >= 4 is 0 Å². The molecule has 106 valence electrons. The van der Waals surface area contributed by atoms with Crippen LogP contribution >= 0.6 is 0 Å². The van der Waals surface area contributed by atoms with Crippen LogP contribution in [0, 0.1) is 17.3 Å². The fraction of sp³-hybridized carbons (Fsp3) is 1.00. The van der Waals surface area contributed by atoms with Crippen LogP contribution in [0.3, 0.4) is 0 Å². The molecule has 2 unspecified atom stereocenters. The topological polar surface area (TPSA) is 15.3 Å². The highest BCUT2D eigenvalue weighted by molar-refractivity contribution is 4.87. The Morgan fingerprint density at radius 3 is 2.44 bits per heavy atom. The normalized spacial score (nSPS) is 34.7. The van der Waals surface area contributed by atoms with Gasteiger partial charge in [-0.05, 0) is 76.0 Å². The van der Waals surface area contributed by atoms with Gasteiger partial charge in [0.1, 0.15) is 0 Å². The van der Waals surface area contributed by atoms with Crippen LogP contribution in [0.5, 0.6) is 0 Å². The number of likely N-dealkylation sites (tertiary alicyclic amines) is 1. The SMILES string of the molecule is CC1CC(C)(C)CCC1NCC1CCN(C)CC1. The Bertz CT molecular complexity index is 254. The van der Waals surface area contributed by atoms with E-state index >= 15 is 0 Å². The lowest BCUT2D eigenvalue weighted by atomic mass is 9.70. The summed E-state index contributed by atoms with van der Waals surface area (Å²) in [6.07, 6.45) is 6.92. The summed E-state index contributed by atoms with van der Waals surface area (Å²) in [7, 11) is 2.24. The average molecular weight is 252 g/mol. The van der Waals surface area contributed by atoms with E-state index in [4.69, 9.17) is 0 Å². The monoisotopic (exact) mass is 252 g/mol.